The molecule has 1 aromatic heterocycles. The first kappa shape index (κ1) is 10.3. The lowest BCUT2D eigenvalue weighted by Crippen LogP contribution is -2.12. The van der Waals surface area contributed by atoms with E-state index in [1.54, 1.807) is 12.3 Å². The lowest BCUT2D eigenvalue weighted by atomic mass is 10.1. The zero-order chi connectivity index (χ0) is 10.7. The summed E-state index contributed by atoms with van der Waals surface area (Å²) in [5.41, 5.74) is 1.47. The van der Waals surface area contributed by atoms with Crippen LogP contribution in [0.15, 0.2) is 35.8 Å². The number of carbonyl (C=O) groups excluding carboxylic acids is 1. The molecule has 15 heavy (non-hydrogen) atoms. The molecular weight excluding hydrogens is 276 g/mol. The van der Waals surface area contributed by atoms with E-state index in [4.69, 9.17) is 0 Å². The SMILES string of the molecule is O=C(NBr)c1ccccc1-c1nccs1. The third-order valence-electron chi connectivity index (χ3n) is 1.92. The van der Waals surface area contributed by atoms with Crippen LogP contribution in [0.1, 0.15) is 10.4 Å². The van der Waals surface area contributed by atoms with Crippen molar-refractivity contribution in [2.75, 3.05) is 0 Å². The van der Waals surface area contributed by atoms with Crippen LogP contribution in [0.2, 0.25) is 0 Å². The van der Waals surface area contributed by atoms with Gasteiger partial charge in [-0.2, -0.15) is 0 Å². The monoisotopic (exact) mass is 282 g/mol. The summed E-state index contributed by atoms with van der Waals surface area (Å²) in [5.74, 6) is -0.166. The van der Waals surface area contributed by atoms with Gasteiger partial charge < -0.3 is 0 Å². The van der Waals surface area contributed by atoms with Gasteiger partial charge in [0, 0.05) is 33.3 Å². The molecule has 0 saturated carbocycles. The molecule has 1 aromatic carbocycles. The number of benzene rings is 1. The maximum atomic E-state index is 11.5. The largest absolute Gasteiger partial charge is 0.289 e. The Labute approximate surface area is 99.5 Å². The molecule has 76 valence electrons. The van der Waals surface area contributed by atoms with Gasteiger partial charge in [0.25, 0.3) is 5.91 Å². The Hall–Kier alpha value is -1.20. The minimum atomic E-state index is -0.166. The quantitative estimate of drug-likeness (QED) is 0.861. The molecule has 0 saturated heterocycles. The Morgan fingerprint density at radius 3 is 2.87 bits per heavy atom. The molecule has 3 nitrogen and oxygen atoms in total. The number of thiazole rings is 1. The number of halogens is 1. The number of nitrogens with zero attached hydrogens (tertiary/aromatic N) is 1. The predicted molar refractivity (Wildman–Crippen MR) is 63.9 cm³/mol. The fourth-order valence-corrected chi connectivity index (χ4v) is 2.17. The van der Waals surface area contributed by atoms with Crippen LogP contribution in [-0.4, -0.2) is 10.9 Å². The Bertz CT molecular complexity index is 470. The second kappa shape index (κ2) is 4.55. The molecule has 0 aliphatic carbocycles. The first-order valence-electron chi connectivity index (χ1n) is 4.23. The maximum absolute atomic E-state index is 11.5. The van der Waals surface area contributed by atoms with Gasteiger partial charge in [-0.15, -0.1) is 11.3 Å². The number of rotatable bonds is 2. The Balaban J connectivity index is 2.52. The lowest BCUT2D eigenvalue weighted by molar-refractivity contribution is 0.0987. The topological polar surface area (TPSA) is 42.0 Å². The molecule has 0 radical (unpaired) electrons. The number of hydrogen-bond donors (Lipinski definition) is 1. The van der Waals surface area contributed by atoms with Gasteiger partial charge in [0.15, 0.2) is 0 Å². The molecule has 0 spiro atoms. The number of nitrogens with one attached hydrogen (secondary N) is 1. The van der Waals surface area contributed by atoms with Gasteiger partial charge in [-0.05, 0) is 6.07 Å². The highest BCUT2D eigenvalue weighted by molar-refractivity contribution is 9.08. The Morgan fingerprint density at radius 2 is 2.20 bits per heavy atom. The van der Waals surface area contributed by atoms with Crippen LogP contribution in [0.3, 0.4) is 0 Å². The van der Waals surface area contributed by atoms with E-state index in [0.29, 0.717) is 5.56 Å². The molecule has 1 N–H and O–H groups in total. The van der Waals surface area contributed by atoms with Crippen molar-refractivity contribution in [3.05, 3.63) is 41.4 Å². The van der Waals surface area contributed by atoms with Gasteiger partial charge in [0.1, 0.15) is 5.01 Å². The van der Waals surface area contributed by atoms with Crippen LogP contribution < -0.4 is 4.34 Å². The minimum Gasteiger partial charge on any atom is -0.289 e. The smallest absolute Gasteiger partial charge is 0.261 e. The summed E-state index contributed by atoms with van der Waals surface area (Å²) < 4.78 is 2.43. The van der Waals surface area contributed by atoms with Gasteiger partial charge in [-0.1, -0.05) is 18.2 Å². The fourth-order valence-electron chi connectivity index (χ4n) is 1.27. The van der Waals surface area contributed by atoms with Gasteiger partial charge in [0.05, 0.1) is 5.56 Å². The van der Waals surface area contributed by atoms with Crippen LogP contribution in [0.5, 0.6) is 0 Å². The van der Waals surface area contributed by atoms with Crippen molar-refractivity contribution in [1.29, 1.82) is 0 Å². The summed E-state index contributed by atoms with van der Waals surface area (Å²) >= 11 is 4.44. The van der Waals surface area contributed by atoms with E-state index in [1.165, 1.54) is 11.3 Å². The van der Waals surface area contributed by atoms with Crippen molar-refractivity contribution >= 4 is 33.4 Å². The summed E-state index contributed by atoms with van der Waals surface area (Å²) in [6, 6.07) is 7.38. The number of amides is 1. The van der Waals surface area contributed by atoms with Crippen LogP contribution in [0.25, 0.3) is 10.6 Å². The molecule has 0 atom stereocenters. The molecule has 5 heteroatoms. The molecule has 1 heterocycles. The van der Waals surface area contributed by atoms with Crippen molar-refractivity contribution in [1.82, 2.24) is 9.33 Å². The number of hydrogen-bond acceptors (Lipinski definition) is 3. The van der Waals surface area contributed by atoms with Crippen molar-refractivity contribution in [3.63, 3.8) is 0 Å². The average Bonchev–Trinajstić information content (AvgIpc) is 2.81. The molecule has 2 rings (SSSR count). The number of aromatic nitrogens is 1. The highest BCUT2D eigenvalue weighted by Gasteiger charge is 2.12. The zero-order valence-corrected chi connectivity index (χ0v) is 10.0. The predicted octanol–water partition coefficient (Wildman–Crippen LogP) is 2.85. The average molecular weight is 283 g/mol. The second-order valence-electron chi connectivity index (χ2n) is 2.81. The third kappa shape index (κ3) is 2.08. The van der Waals surface area contributed by atoms with E-state index in [-0.39, 0.29) is 5.91 Å². The highest BCUT2D eigenvalue weighted by atomic mass is 79.9. The summed E-state index contributed by atoms with van der Waals surface area (Å²) in [5, 5.41) is 2.74. The molecule has 0 aliphatic heterocycles. The molecular formula is C10H7BrN2OS. The van der Waals surface area contributed by atoms with Gasteiger partial charge in [-0.3, -0.25) is 9.14 Å². The van der Waals surface area contributed by atoms with E-state index in [2.05, 4.69) is 25.5 Å². The highest BCUT2D eigenvalue weighted by Crippen LogP contribution is 2.25. The fraction of sp³-hybridized carbons (Fsp3) is 0. The first-order valence-corrected chi connectivity index (χ1v) is 5.90. The summed E-state index contributed by atoms with van der Waals surface area (Å²) in [4.78, 5) is 15.7. The molecule has 0 aliphatic rings. The van der Waals surface area contributed by atoms with Crippen LogP contribution >= 0.6 is 27.5 Å². The summed E-state index contributed by atoms with van der Waals surface area (Å²) in [6.07, 6.45) is 1.73. The van der Waals surface area contributed by atoms with Gasteiger partial charge >= 0.3 is 0 Å². The lowest BCUT2D eigenvalue weighted by Gasteiger charge is -2.03. The van der Waals surface area contributed by atoms with E-state index < -0.39 is 0 Å². The van der Waals surface area contributed by atoms with Crippen molar-refractivity contribution in [3.8, 4) is 10.6 Å². The minimum absolute atomic E-state index is 0.166. The van der Waals surface area contributed by atoms with Crippen LogP contribution in [0.4, 0.5) is 0 Å². The molecule has 2 aromatic rings. The van der Waals surface area contributed by atoms with E-state index in [9.17, 15) is 4.79 Å². The first-order chi connectivity index (χ1) is 7.33. The normalized spacial score (nSPS) is 9.93. The van der Waals surface area contributed by atoms with Crippen LogP contribution in [-0.2, 0) is 0 Å². The number of carbonyl (C=O) groups is 1. The van der Waals surface area contributed by atoms with E-state index >= 15 is 0 Å². The van der Waals surface area contributed by atoms with E-state index in [1.807, 2.05) is 23.6 Å². The molecule has 0 fully saturated rings. The Morgan fingerprint density at radius 1 is 1.40 bits per heavy atom. The van der Waals surface area contributed by atoms with E-state index in [0.717, 1.165) is 10.6 Å². The van der Waals surface area contributed by atoms with Crippen molar-refractivity contribution in [2.45, 2.75) is 0 Å². The third-order valence-corrected chi connectivity index (χ3v) is 3.09. The van der Waals surface area contributed by atoms with Gasteiger partial charge in [0.2, 0.25) is 0 Å². The summed E-state index contributed by atoms with van der Waals surface area (Å²) in [7, 11) is 0. The molecule has 1 amide bonds. The Kier molecular flexibility index (Phi) is 3.13. The maximum Gasteiger partial charge on any atom is 0.261 e. The molecule has 0 bridgehead atoms. The van der Waals surface area contributed by atoms with Crippen molar-refractivity contribution in [2.24, 2.45) is 0 Å². The molecule has 0 unspecified atom stereocenters. The van der Waals surface area contributed by atoms with Crippen LogP contribution in [0, 0.1) is 0 Å². The zero-order valence-electron chi connectivity index (χ0n) is 7.61. The second-order valence-corrected chi connectivity index (χ2v) is 4.10. The summed E-state index contributed by atoms with van der Waals surface area (Å²) in [6.45, 7) is 0. The van der Waals surface area contributed by atoms with Crippen molar-refractivity contribution < 1.29 is 4.79 Å². The standard InChI is InChI=1S/C10H7BrN2OS/c11-13-9(14)7-3-1-2-4-8(7)10-12-5-6-15-10/h1-6H,(H,13,14). The van der Waals surface area contributed by atoms with Gasteiger partial charge in [-0.25, -0.2) is 4.98 Å².